The molecule has 0 aromatic carbocycles. The number of carbonyl (C=O) groups excluding carboxylic acids is 1. The Morgan fingerprint density at radius 1 is 1.40 bits per heavy atom. The number of unbranched alkanes of at least 4 members (excludes halogenated alkanes) is 1. The number of hydrogen-bond acceptors (Lipinski definition) is 2. The summed E-state index contributed by atoms with van der Waals surface area (Å²) in [5.41, 5.74) is 0. The summed E-state index contributed by atoms with van der Waals surface area (Å²) in [7, 11) is 0. The highest BCUT2D eigenvalue weighted by atomic mass is 16.2. The molecule has 1 aliphatic carbocycles. The molecule has 0 radical (unpaired) electrons. The van der Waals surface area contributed by atoms with E-state index in [1.165, 1.54) is 32.1 Å². The Balaban J connectivity index is 1.93. The number of rotatable bonds is 4. The van der Waals surface area contributed by atoms with Crippen molar-refractivity contribution in [2.45, 2.75) is 51.6 Å². The lowest BCUT2D eigenvalue weighted by atomic mass is 10.0. The fraction of sp³-hybridized carbons (Fsp3) is 0.917. The lowest BCUT2D eigenvalue weighted by Crippen LogP contribution is -2.42. The van der Waals surface area contributed by atoms with E-state index in [0.29, 0.717) is 24.5 Å². The quantitative estimate of drug-likeness (QED) is 0.766. The molecule has 2 aliphatic rings. The van der Waals surface area contributed by atoms with Crippen molar-refractivity contribution in [2.24, 2.45) is 5.92 Å². The maximum Gasteiger partial charge on any atom is 0.237 e. The first-order chi connectivity index (χ1) is 7.33. The van der Waals surface area contributed by atoms with Gasteiger partial charge in [0.15, 0.2) is 0 Å². The predicted octanol–water partition coefficient (Wildman–Crippen LogP) is 1.73. The molecule has 3 heteroatoms. The van der Waals surface area contributed by atoms with Gasteiger partial charge in [0.1, 0.15) is 0 Å². The molecular weight excluding hydrogens is 188 g/mol. The standard InChI is InChI=1S/C12H22N2O/c1-2-3-8-14-11(15)9-13-12(14)10-6-4-5-7-10/h10,12-13H,2-9H2,1H3. The Morgan fingerprint density at radius 3 is 2.80 bits per heavy atom. The van der Waals surface area contributed by atoms with Crippen molar-refractivity contribution in [3.05, 3.63) is 0 Å². The Hall–Kier alpha value is -0.570. The van der Waals surface area contributed by atoms with E-state index >= 15 is 0 Å². The maximum atomic E-state index is 11.7. The Labute approximate surface area is 92.2 Å². The first kappa shape index (κ1) is 10.9. The fourth-order valence-corrected chi connectivity index (χ4v) is 2.85. The van der Waals surface area contributed by atoms with E-state index < -0.39 is 0 Å². The van der Waals surface area contributed by atoms with Crippen LogP contribution in [0.4, 0.5) is 0 Å². The first-order valence-corrected chi connectivity index (χ1v) is 6.35. The molecule has 0 bridgehead atoms. The third kappa shape index (κ3) is 2.33. The van der Waals surface area contributed by atoms with Crippen molar-refractivity contribution in [3.8, 4) is 0 Å². The van der Waals surface area contributed by atoms with Gasteiger partial charge in [-0.3, -0.25) is 10.1 Å². The molecule has 2 fully saturated rings. The van der Waals surface area contributed by atoms with Crippen molar-refractivity contribution in [2.75, 3.05) is 13.1 Å². The molecule has 1 amide bonds. The highest BCUT2D eigenvalue weighted by molar-refractivity contribution is 5.80. The van der Waals surface area contributed by atoms with Gasteiger partial charge in [-0.15, -0.1) is 0 Å². The lowest BCUT2D eigenvalue weighted by Gasteiger charge is -2.29. The van der Waals surface area contributed by atoms with Crippen LogP contribution in [0.1, 0.15) is 45.4 Å². The van der Waals surface area contributed by atoms with Crippen molar-refractivity contribution in [3.63, 3.8) is 0 Å². The van der Waals surface area contributed by atoms with Gasteiger partial charge in [0.05, 0.1) is 12.7 Å². The van der Waals surface area contributed by atoms with E-state index in [9.17, 15) is 4.79 Å². The molecule has 1 N–H and O–H groups in total. The number of carbonyl (C=O) groups is 1. The second kappa shape index (κ2) is 4.97. The minimum absolute atomic E-state index is 0.306. The summed E-state index contributed by atoms with van der Waals surface area (Å²) in [5.74, 6) is 1.02. The molecule has 0 aromatic heterocycles. The highest BCUT2D eigenvalue weighted by Gasteiger charge is 2.36. The van der Waals surface area contributed by atoms with E-state index in [1.807, 2.05) is 0 Å². The van der Waals surface area contributed by atoms with E-state index in [0.717, 1.165) is 13.0 Å². The summed E-state index contributed by atoms with van der Waals surface area (Å²) in [6, 6.07) is 0. The summed E-state index contributed by atoms with van der Waals surface area (Å²) in [5, 5.41) is 3.38. The van der Waals surface area contributed by atoms with Crippen LogP contribution in [0.3, 0.4) is 0 Å². The molecule has 3 nitrogen and oxygen atoms in total. The van der Waals surface area contributed by atoms with Crippen LogP contribution >= 0.6 is 0 Å². The molecule has 1 saturated heterocycles. The van der Waals surface area contributed by atoms with Crippen molar-refractivity contribution >= 4 is 5.91 Å². The molecule has 2 rings (SSSR count). The van der Waals surface area contributed by atoms with Gasteiger partial charge < -0.3 is 4.90 Å². The average Bonchev–Trinajstić information content (AvgIpc) is 2.84. The molecule has 1 aliphatic heterocycles. The third-order valence-electron chi connectivity index (χ3n) is 3.72. The summed E-state index contributed by atoms with van der Waals surface area (Å²) in [6.07, 6.45) is 7.95. The highest BCUT2D eigenvalue weighted by Crippen LogP contribution is 2.30. The van der Waals surface area contributed by atoms with Crippen LogP contribution in [-0.2, 0) is 4.79 Å². The number of amides is 1. The zero-order valence-corrected chi connectivity index (χ0v) is 9.67. The van der Waals surface area contributed by atoms with Gasteiger partial charge in [-0.25, -0.2) is 0 Å². The summed E-state index contributed by atoms with van der Waals surface area (Å²) < 4.78 is 0. The van der Waals surface area contributed by atoms with Crippen LogP contribution in [0, 0.1) is 5.92 Å². The molecule has 1 unspecified atom stereocenters. The topological polar surface area (TPSA) is 32.3 Å². The number of hydrogen-bond donors (Lipinski definition) is 1. The van der Waals surface area contributed by atoms with Crippen LogP contribution in [0.2, 0.25) is 0 Å². The average molecular weight is 210 g/mol. The Morgan fingerprint density at radius 2 is 2.13 bits per heavy atom. The van der Waals surface area contributed by atoms with Crippen molar-refractivity contribution < 1.29 is 4.79 Å². The third-order valence-corrected chi connectivity index (χ3v) is 3.72. The van der Waals surface area contributed by atoms with Crippen molar-refractivity contribution in [1.82, 2.24) is 10.2 Å². The van der Waals surface area contributed by atoms with Crippen LogP contribution in [0.15, 0.2) is 0 Å². The van der Waals surface area contributed by atoms with Gasteiger partial charge in [-0.05, 0) is 25.2 Å². The summed E-state index contributed by atoms with van der Waals surface area (Å²) in [6.45, 7) is 3.69. The Bertz CT molecular complexity index is 224. The van der Waals surface area contributed by atoms with Crippen molar-refractivity contribution in [1.29, 1.82) is 0 Å². The van der Waals surface area contributed by atoms with Crippen LogP contribution in [0.25, 0.3) is 0 Å². The molecule has 0 aromatic rings. The Kier molecular flexibility index (Phi) is 3.62. The van der Waals surface area contributed by atoms with Crippen LogP contribution in [-0.4, -0.2) is 30.1 Å². The van der Waals surface area contributed by atoms with Gasteiger partial charge in [-0.1, -0.05) is 26.2 Å². The monoisotopic (exact) mass is 210 g/mol. The minimum atomic E-state index is 0.306. The smallest absolute Gasteiger partial charge is 0.237 e. The number of nitrogens with zero attached hydrogens (tertiary/aromatic N) is 1. The van der Waals surface area contributed by atoms with Crippen LogP contribution in [0.5, 0.6) is 0 Å². The van der Waals surface area contributed by atoms with Gasteiger partial charge in [0.25, 0.3) is 0 Å². The molecule has 86 valence electrons. The van der Waals surface area contributed by atoms with Crippen LogP contribution < -0.4 is 5.32 Å². The largest absolute Gasteiger partial charge is 0.326 e. The second-order valence-corrected chi connectivity index (χ2v) is 4.81. The van der Waals surface area contributed by atoms with E-state index in [-0.39, 0.29) is 0 Å². The zero-order valence-electron chi connectivity index (χ0n) is 9.67. The normalized spacial score (nSPS) is 27.9. The summed E-state index contributed by atoms with van der Waals surface area (Å²) >= 11 is 0. The molecule has 0 spiro atoms. The van der Waals surface area contributed by atoms with E-state index in [1.54, 1.807) is 0 Å². The molecule has 1 heterocycles. The molecule has 1 atom stereocenters. The van der Waals surface area contributed by atoms with Gasteiger partial charge >= 0.3 is 0 Å². The first-order valence-electron chi connectivity index (χ1n) is 6.35. The number of nitrogens with one attached hydrogen (secondary N) is 1. The molecule has 1 saturated carbocycles. The lowest BCUT2D eigenvalue weighted by molar-refractivity contribution is -0.128. The minimum Gasteiger partial charge on any atom is -0.326 e. The van der Waals surface area contributed by atoms with Gasteiger partial charge in [0, 0.05) is 6.54 Å². The molecule has 15 heavy (non-hydrogen) atoms. The second-order valence-electron chi connectivity index (χ2n) is 4.81. The maximum absolute atomic E-state index is 11.7. The SMILES string of the molecule is CCCCN1C(=O)CNC1C1CCCC1. The predicted molar refractivity (Wildman–Crippen MR) is 60.4 cm³/mol. The van der Waals surface area contributed by atoms with E-state index in [4.69, 9.17) is 0 Å². The zero-order chi connectivity index (χ0) is 10.7. The molecular formula is C12H22N2O. The van der Waals surface area contributed by atoms with E-state index in [2.05, 4.69) is 17.1 Å². The summed E-state index contributed by atoms with van der Waals surface area (Å²) in [4.78, 5) is 13.8. The van der Waals surface area contributed by atoms with Gasteiger partial charge in [-0.2, -0.15) is 0 Å². The fourth-order valence-electron chi connectivity index (χ4n) is 2.85. The van der Waals surface area contributed by atoms with Gasteiger partial charge in [0.2, 0.25) is 5.91 Å².